The number of hydrogen-bond acceptors (Lipinski definition) is 4. The molecule has 1 heterocycles. The number of nitrogens with zero attached hydrogens (tertiary/aromatic N) is 1. The Kier molecular flexibility index (Phi) is 5.83. The number of likely N-dealkylation sites (tertiary alicyclic amines) is 1. The number of ether oxygens (including phenoxy) is 2. The lowest BCUT2D eigenvalue weighted by Crippen LogP contribution is -2.44. The number of carboxylic acid groups (broad SMARTS) is 1. The predicted octanol–water partition coefficient (Wildman–Crippen LogP) is 4.12. The predicted molar refractivity (Wildman–Crippen MR) is 94.6 cm³/mol. The molecule has 0 aromatic heterocycles. The molecule has 2 rings (SSSR count). The van der Waals surface area contributed by atoms with Gasteiger partial charge in [-0.25, -0.2) is 9.59 Å². The highest BCUT2D eigenvalue weighted by Crippen LogP contribution is 2.29. The van der Waals surface area contributed by atoms with Crippen LogP contribution in [0.15, 0.2) is 12.1 Å². The lowest BCUT2D eigenvalue weighted by Gasteiger charge is -2.33. The van der Waals surface area contributed by atoms with Gasteiger partial charge in [0.1, 0.15) is 17.5 Å². The third-order valence-electron chi connectivity index (χ3n) is 3.94. The van der Waals surface area contributed by atoms with Crippen LogP contribution in [0.4, 0.5) is 4.79 Å². The minimum absolute atomic E-state index is 0.0995. The quantitative estimate of drug-likeness (QED) is 0.867. The van der Waals surface area contributed by atoms with Gasteiger partial charge in [-0.2, -0.15) is 0 Å². The summed E-state index contributed by atoms with van der Waals surface area (Å²) in [6, 6.07) is 3.04. The number of aromatic carboxylic acids is 1. The number of benzene rings is 1. The average Bonchev–Trinajstić information content (AvgIpc) is 2.49. The first-order valence-electron chi connectivity index (χ1n) is 8.25. The van der Waals surface area contributed by atoms with E-state index < -0.39 is 11.6 Å². The fourth-order valence-corrected chi connectivity index (χ4v) is 2.87. The van der Waals surface area contributed by atoms with Gasteiger partial charge in [0.2, 0.25) is 0 Å². The maximum atomic E-state index is 12.1. The summed E-state index contributed by atoms with van der Waals surface area (Å²) >= 11 is 6.00. The van der Waals surface area contributed by atoms with Crippen molar-refractivity contribution in [1.82, 2.24) is 4.90 Å². The number of carboxylic acids is 1. The van der Waals surface area contributed by atoms with Crippen LogP contribution in [0, 0.1) is 6.92 Å². The fraction of sp³-hybridized carbons (Fsp3) is 0.556. The molecule has 25 heavy (non-hydrogen) atoms. The van der Waals surface area contributed by atoms with Gasteiger partial charge in [0.15, 0.2) is 0 Å². The Morgan fingerprint density at radius 1 is 1.24 bits per heavy atom. The zero-order chi connectivity index (χ0) is 18.8. The molecule has 0 unspecified atom stereocenters. The number of hydrogen-bond donors (Lipinski definition) is 1. The smallest absolute Gasteiger partial charge is 0.410 e. The maximum Gasteiger partial charge on any atom is 0.410 e. The molecule has 1 fully saturated rings. The number of carbonyl (C=O) groups is 2. The second kappa shape index (κ2) is 7.52. The molecule has 0 saturated carbocycles. The van der Waals surface area contributed by atoms with E-state index in [1.807, 2.05) is 20.8 Å². The Hall–Kier alpha value is -1.95. The first-order valence-corrected chi connectivity index (χ1v) is 8.62. The van der Waals surface area contributed by atoms with Crippen LogP contribution in [-0.4, -0.2) is 46.9 Å². The molecular weight excluding hydrogens is 346 g/mol. The van der Waals surface area contributed by atoms with Crippen molar-refractivity contribution in [3.05, 3.63) is 28.3 Å². The van der Waals surface area contributed by atoms with Crippen LogP contribution < -0.4 is 4.74 Å². The molecule has 0 aliphatic carbocycles. The minimum Gasteiger partial charge on any atom is -0.490 e. The molecule has 0 atom stereocenters. The van der Waals surface area contributed by atoms with E-state index in [9.17, 15) is 14.7 Å². The summed E-state index contributed by atoms with van der Waals surface area (Å²) in [4.78, 5) is 25.0. The van der Waals surface area contributed by atoms with E-state index in [1.165, 1.54) is 6.07 Å². The summed E-state index contributed by atoms with van der Waals surface area (Å²) in [5.41, 5.74) is 0.162. The SMILES string of the molecule is Cc1c(OC2CCN(C(=O)OC(C)(C)C)CC2)cc(Cl)cc1C(=O)O. The molecule has 1 saturated heterocycles. The summed E-state index contributed by atoms with van der Waals surface area (Å²) in [7, 11) is 0. The molecule has 1 amide bonds. The van der Waals surface area contributed by atoms with Crippen molar-refractivity contribution in [3.8, 4) is 5.75 Å². The summed E-state index contributed by atoms with van der Waals surface area (Å²) in [6.07, 6.45) is 0.872. The van der Waals surface area contributed by atoms with E-state index in [0.717, 1.165) is 0 Å². The van der Waals surface area contributed by atoms with Crippen LogP contribution in [0.3, 0.4) is 0 Å². The van der Waals surface area contributed by atoms with Gasteiger partial charge >= 0.3 is 12.1 Å². The van der Waals surface area contributed by atoms with E-state index >= 15 is 0 Å². The van der Waals surface area contributed by atoms with Gasteiger partial charge in [-0.05, 0) is 39.8 Å². The fourth-order valence-electron chi connectivity index (χ4n) is 2.66. The highest BCUT2D eigenvalue weighted by atomic mass is 35.5. The van der Waals surface area contributed by atoms with Gasteiger partial charge in [0.05, 0.1) is 5.56 Å². The Labute approximate surface area is 152 Å². The monoisotopic (exact) mass is 369 g/mol. The highest BCUT2D eigenvalue weighted by Gasteiger charge is 2.28. The third-order valence-corrected chi connectivity index (χ3v) is 4.16. The Balaban J connectivity index is 1.99. The standard InChI is InChI=1S/C18H24ClNO5/c1-11-14(16(21)22)9-12(19)10-15(11)24-13-5-7-20(8-6-13)17(23)25-18(2,3)4/h9-10,13H,5-8H2,1-4H3,(H,21,22). The zero-order valence-corrected chi connectivity index (χ0v) is 15.7. The summed E-state index contributed by atoms with van der Waals surface area (Å²) in [5, 5.41) is 9.56. The van der Waals surface area contributed by atoms with Crippen molar-refractivity contribution in [3.63, 3.8) is 0 Å². The number of piperidine rings is 1. The summed E-state index contributed by atoms with van der Waals surface area (Å²) < 4.78 is 11.3. The maximum absolute atomic E-state index is 12.1. The topological polar surface area (TPSA) is 76.1 Å². The van der Waals surface area contributed by atoms with Crippen molar-refractivity contribution >= 4 is 23.7 Å². The first kappa shape index (κ1) is 19.4. The second-order valence-electron chi connectivity index (χ2n) is 7.17. The third kappa shape index (κ3) is 5.26. The minimum atomic E-state index is -1.04. The number of rotatable bonds is 3. The Morgan fingerprint density at radius 2 is 1.84 bits per heavy atom. The molecule has 138 valence electrons. The second-order valence-corrected chi connectivity index (χ2v) is 7.60. The normalized spacial score (nSPS) is 15.8. The number of carbonyl (C=O) groups excluding carboxylic acids is 1. The number of halogens is 1. The van der Waals surface area contributed by atoms with Crippen molar-refractivity contribution in [2.45, 2.75) is 52.2 Å². The van der Waals surface area contributed by atoms with Crippen LogP contribution >= 0.6 is 11.6 Å². The van der Waals surface area contributed by atoms with Crippen LogP contribution in [0.5, 0.6) is 5.75 Å². The van der Waals surface area contributed by atoms with E-state index in [2.05, 4.69) is 0 Å². The van der Waals surface area contributed by atoms with Crippen LogP contribution in [0.2, 0.25) is 5.02 Å². The lowest BCUT2D eigenvalue weighted by atomic mass is 10.1. The molecule has 0 radical (unpaired) electrons. The molecule has 1 aromatic rings. The van der Waals surface area contributed by atoms with E-state index in [-0.39, 0.29) is 17.8 Å². The van der Waals surface area contributed by atoms with Crippen LogP contribution in [0.1, 0.15) is 49.5 Å². The molecule has 7 heteroatoms. The van der Waals surface area contributed by atoms with Gasteiger partial charge in [0, 0.05) is 36.5 Å². The molecule has 6 nitrogen and oxygen atoms in total. The molecule has 1 aliphatic rings. The Bertz CT molecular complexity index is 660. The van der Waals surface area contributed by atoms with E-state index in [4.69, 9.17) is 21.1 Å². The molecule has 0 bridgehead atoms. The first-order chi connectivity index (χ1) is 11.6. The molecular formula is C18H24ClNO5. The molecule has 0 spiro atoms. The van der Waals surface area contributed by atoms with Gasteiger partial charge in [-0.1, -0.05) is 11.6 Å². The zero-order valence-electron chi connectivity index (χ0n) is 15.0. The van der Waals surface area contributed by atoms with Gasteiger partial charge in [0.25, 0.3) is 0 Å². The number of amides is 1. The van der Waals surface area contributed by atoms with Gasteiger partial charge < -0.3 is 19.5 Å². The van der Waals surface area contributed by atoms with Crippen molar-refractivity contribution in [1.29, 1.82) is 0 Å². The molecule has 1 aliphatic heterocycles. The Morgan fingerprint density at radius 3 is 2.36 bits per heavy atom. The van der Waals surface area contributed by atoms with Crippen molar-refractivity contribution < 1.29 is 24.2 Å². The van der Waals surface area contributed by atoms with Crippen LogP contribution in [-0.2, 0) is 4.74 Å². The highest BCUT2D eigenvalue weighted by molar-refractivity contribution is 6.31. The lowest BCUT2D eigenvalue weighted by molar-refractivity contribution is 0.0125. The van der Waals surface area contributed by atoms with E-state index in [0.29, 0.717) is 42.3 Å². The van der Waals surface area contributed by atoms with Gasteiger partial charge in [-0.15, -0.1) is 0 Å². The molecule has 1 aromatic carbocycles. The van der Waals surface area contributed by atoms with Crippen LogP contribution in [0.25, 0.3) is 0 Å². The summed E-state index contributed by atoms with van der Waals surface area (Å²) in [6.45, 7) is 8.27. The average molecular weight is 370 g/mol. The molecule has 1 N–H and O–H groups in total. The van der Waals surface area contributed by atoms with Gasteiger partial charge in [-0.3, -0.25) is 0 Å². The largest absolute Gasteiger partial charge is 0.490 e. The van der Waals surface area contributed by atoms with Crippen molar-refractivity contribution in [2.24, 2.45) is 0 Å². The van der Waals surface area contributed by atoms with E-state index in [1.54, 1.807) is 17.9 Å². The van der Waals surface area contributed by atoms with Crippen molar-refractivity contribution in [2.75, 3.05) is 13.1 Å². The summed E-state index contributed by atoms with van der Waals surface area (Å²) in [5.74, 6) is -0.565.